The van der Waals surface area contributed by atoms with Gasteiger partial charge in [0, 0.05) is 24.2 Å². The molecule has 132 valence electrons. The van der Waals surface area contributed by atoms with Crippen molar-refractivity contribution in [1.82, 2.24) is 20.6 Å². The van der Waals surface area contributed by atoms with Crippen LogP contribution in [0.25, 0.3) is 0 Å². The highest BCUT2D eigenvalue weighted by Gasteiger charge is 2.36. The molecule has 7 heteroatoms. The topological polar surface area (TPSA) is 82.2 Å². The minimum Gasteiger partial charge on any atom is -0.349 e. The molecule has 1 saturated heterocycles. The summed E-state index contributed by atoms with van der Waals surface area (Å²) in [5.74, 6) is 1.64. The van der Waals surface area contributed by atoms with Crippen molar-refractivity contribution >= 4 is 23.1 Å². The molecule has 3 aliphatic rings. The van der Waals surface area contributed by atoms with E-state index >= 15 is 0 Å². The van der Waals surface area contributed by atoms with E-state index in [2.05, 4.69) is 25.9 Å². The predicted molar refractivity (Wildman–Crippen MR) is 99.0 cm³/mol. The van der Waals surface area contributed by atoms with Gasteiger partial charge < -0.3 is 16.0 Å². The summed E-state index contributed by atoms with van der Waals surface area (Å²) in [4.78, 5) is 23.7. The number of para-hydroxylation sites is 2. The van der Waals surface area contributed by atoms with Crippen LogP contribution in [0.1, 0.15) is 18.4 Å². The van der Waals surface area contributed by atoms with E-state index < -0.39 is 0 Å². The molecular weight excluding hydrogens is 328 g/mol. The van der Waals surface area contributed by atoms with E-state index in [1.165, 1.54) is 0 Å². The fourth-order valence-corrected chi connectivity index (χ4v) is 3.89. The lowest BCUT2D eigenvalue weighted by atomic mass is 10.00. The summed E-state index contributed by atoms with van der Waals surface area (Å²) in [6.45, 7) is 1.90. The Balaban J connectivity index is 1.54. The Labute approximate surface area is 151 Å². The number of benzene rings is 1. The number of carbonyl (C=O) groups is 1. The Kier molecular flexibility index (Phi) is 3.60. The minimum absolute atomic E-state index is 0.00768. The first kappa shape index (κ1) is 15.3. The molecule has 5 rings (SSSR count). The number of nitrogens with one attached hydrogen (secondary N) is 3. The van der Waals surface area contributed by atoms with E-state index in [4.69, 9.17) is 0 Å². The third-order valence-corrected chi connectivity index (χ3v) is 5.20. The maximum atomic E-state index is 13.1. The second kappa shape index (κ2) is 6.10. The van der Waals surface area contributed by atoms with Crippen LogP contribution in [0.5, 0.6) is 0 Å². The average molecular weight is 348 g/mol. The molecule has 4 heterocycles. The lowest BCUT2D eigenvalue weighted by Gasteiger charge is -2.30. The predicted octanol–water partition coefficient (Wildman–Crippen LogP) is 1.68. The monoisotopic (exact) mass is 348 g/mol. The smallest absolute Gasteiger partial charge is 0.251 e. The lowest BCUT2D eigenvalue weighted by molar-refractivity contribution is -0.118. The molecule has 0 radical (unpaired) electrons. The fraction of sp³-hybridized carbons (Fsp3) is 0.316. The van der Waals surface area contributed by atoms with Gasteiger partial charge in [-0.15, -0.1) is 0 Å². The molecule has 0 spiro atoms. The van der Waals surface area contributed by atoms with Gasteiger partial charge in [0.25, 0.3) is 5.91 Å². The number of carbonyl (C=O) groups excluding carboxylic acids is 1. The lowest BCUT2D eigenvalue weighted by Crippen LogP contribution is -2.44. The van der Waals surface area contributed by atoms with Gasteiger partial charge in [-0.3, -0.25) is 9.69 Å². The van der Waals surface area contributed by atoms with Crippen molar-refractivity contribution in [3.63, 3.8) is 0 Å². The third kappa shape index (κ3) is 2.43. The number of piperidine rings is 1. The number of rotatable bonds is 2. The molecule has 0 saturated carbocycles. The Hall–Kier alpha value is -2.93. The first-order chi connectivity index (χ1) is 12.8. The molecule has 2 aromatic rings. The number of amides is 1. The van der Waals surface area contributed by atoms with Gasteiger partial charge in [-0.25, -0.2) is 9.97 Å². The third-order valence-electron chi connectivity index (χ3n) is 5.20. The van der Waals surface area contributed by atoms with Crippen LogP contribution in [0.2, 0.25) is 0 Å². The first-order valence-corrected chi connectivity index (χ1v) is 9.01. The molecule has 26 heavy (non-hydrogen) atoms. The molecule has 1 fully saturated rings. The Morgan fingerprint density at radius 3 is 2.96 bits per heavy atom. The molecule has 0 atom stereocenters. The highest BCUT2D eigenvalue weighted by molar-refractivity contribution is 6.01. The first-order valence-electron chi connectivity index (χ1n) is 9.01. The van der Waals surface area contributed by atoms with Crippen molar-refractivity contribution in [2.24, 2.45) is 0 Å². The van der Waals surface area contributed by atoms with Crippen LogP contribution in [0.3, 0.4) is 0 Å². The standard InChI is InChI=1S/C19H20N6O/c26-19(23-13-5-7-20-8-6-13)14-9-12-10-21-11-22-17(12)25-16-4-2-1-3-15(16)24-18(14)25/h1-4,10-11,13,20,24H,5-9H2,(H,23,26). The molecule has 0 aliphatic carbocycles. The molecule has 3 N–H and O–H groups in total. The second-order valence-corrected chi connectivity index (χ2v) is 6.85. The van der Waals surface area contributed by atoms with Crippen molar-refractivity contribution in [2.75, 3.05) is 23.3 Å². The quantitative estimate of drug-likeness (QED) is 0.766. The van der Waals surface area contributed by atoms with Gasteiger partial charge in [0.2, 0.25) is 0 Å². The van der Waals surface area contributed by atoms with Gasteiger partial charge in [0.05, 0.1) is 16.9 Å². The molecule has 3 aliphatic heterocycles. The van der Waals surface area contributed by atoms with Gasteiger partial charge in [-0.2, -0.15) is 0 Å². The zero-order valence-corrected chi connectivity index (χ0v) is 14.3. The van der Waals surface area contributed by atoms with E-state index in [-0.39, 0.29) is 11.9 Å². The summed E-state index contributed by atoms with van der Waals surface area (Å²) in [6.07, 6.45) is 5.81. The van der Waals surface area contributed by atoms with Crippen LogP contribution in [-0.2, 0) is 11.2 Å². The summed E-state index contributed by atoms with van der Waals surface area (Å²) >= 11 is 0. The summed E-state index contributed by atoms with van der Waals surface area (Å²) < 4.78 is 0. The number of fused-ring (bicyclic) bond motifs is 5. The van der Waals surface area contributed by atoms with Gasteiger partial charge in [-0.1, -0.05) is 12.1 Å². The van der Waals surface area contributed by atoms with Crippen molar-refractivity contribution < 1.29 is 4.79 Å². The van der Waals surface area contributed by atoms with Gasteiger partial charge in [-0.05, 0) is 38.1 Å². The van der Waals surface area contributed by atoms with Crippen LogP contribution in [-0.4, -0.2) is 35.0 Å². The Bertz CT molecular complexity index is 902. The van der Waals surface area contributed by atoms with Crippen LogP contribution >= 0.6 is 0 Å². The maximum absolute atomic E-state index is 13.1. The molecule has 1 amide bonds. The Morgan fingerprint density at radius 1 is 1.23 bits per heavy atom. The van der Waals surface area contributed by atoms with Crippen LogP contribution in [0, 0.1) is 0 Å². The van der Waals surface area contributed by atoms with E-state index in [9.17, 15) is 4.79 Å². The van der Waals surface area contributed by atoms with E-state index in [1.54, 1.807) is 12.5 Å². The molecule has 7 nitrogen and oxygen atoms in total. The van der Waals surface area contributed by atoms with Crippen molar-refractivity contribution in [3.8, 4) is 0 Å². The van der Waals surface area contributed by atoms with E-state index in [0.717, 1.165) is 60.1 Å². The summed E-state index contributed by atoms with van der Waals surface area (Å²) in [5.41, 5.74) is 3.70. The average Bonchev–Trinajstić information content (AvgIpc) is 3.08. The summed E-state index contributed by atoms with van der Waals surface area (Å²) in [6, 6.07) is 8.26. The molecule has 0 unspecified atom stereocenters. The SMILES string of the molecule is O=C(NC1CCNCC1)C1=C2Nc3ccccc3N2c2ncncc2C1. The zero-order chi connectivity index (χ0) is 17.5. The normalized spacial score (nSPS) is 18.7. The van der Waals surface area contributed by atoms with E-state index in [1.807, 2.05) is 29.2 Å². The number of nitrogens with zero attached hydrogens (tertiary/aromatic N) is 3. The molecular formula is C19H20N6O. The second-order valence-electron chi connectivity index (χ2n) is 6.85. The number of hydrogen-bond donors (Lipinski definition) is 3. The highest BCUT2D eigenvalue weighted by Crippen LogP contribution is 2.45. The van der Waals surface area contributed by atoms with Crippen LogP contribution in [0.4, 0.5) is 17.2 Å². The van der Waals surface area contributed by atoms with Crippen LogP contribution in [0.15, 0.2) is 48.2 Å². The van der Waals surface area contributed by atoms with Crippen molar-refractivity contribution in [2.45, 2.75) is 25.3 Å². The van der Waals surface area contributed by atoms with Crippen molar-refractivity contribution in [3.05, 3.63) is 53.7 Å². The molecule has 1 aromatic carbocycles. The number of aromatic nitrogens is 2. The number of anilines is 3. The van der Waals surface area contributed by atoms with Crippen molar-refractivity contribution in [1.29, 1.82) is 0 Å². The van der Waals surface area contributed by atoms with E-state index in [0.29, 0.717) is 6.42 Å². The number of hydrogen-bond acceptors (Lipinski definition) is 6. The Morgan fingerprint density at radius 2 is 2.08 bits per heavy atom. The van der Waals surface area contributed by atoms with Gasteiger partial charge in [0.15, 0.2) is 0 Å². The summed E-state index contributed by atoms with van der Waals surface area (Å²) in [7, 11) is 0. The molecule has 1 aromatic heterocycles. The minimum atomic E-state index is -0.00768. The van der Waals surface area contributed by atoms with Crippen LogP contribution < -0.4 is 20.9 Å². The fourth-order valence-electron chi connectivity index (χ4n) is 3.89. The zero-order valence-electron chi connectivity index (χ0n) is 14.3. The van der Waals surface area contributed by atoms with Gasteiger partial charge in [0.1, 0.15) is 18.0 Å². The highest BCUT2D eigenvalue weighted by atomic mass is 16.1. The van der Waals surface area contributed by atoms with Gasteiger partial charge >= 0.3 is 0 Å². The maximum Gasteiger partial charge on any atom is 0.251 e. The largest absolute Gasteiger partial charge is 0.349 e. The summed E-state index contributed by atoms with van der Waals surface area (Å²) in [5, 5.41) is 9.96. The molecule has 0 bridgehead atoms.